The Hall–Kier alpha value is -0.860. The van der Waals surface area contributed by atoms with Crippen molar-refractivity contribution in [1.29, 1.82) is 0 Å². The number of guanidine groups is 1. The van der Waals surface area contributed by atoms with Crippen molar-refractivity contribution in [2.45, 2.75) is 38.1 Å². The fourth-order valence-corrected chi connectivity index (χ4v) is 3.65. The van der Waals surface area contributed by atoms with Gasteiger partial charge >= 0.3 is 0 Å². The summed E-state index contributed by atoms with van der Waals surface area (Å²) in [4.78, 5) is 4.36. The Balaban J connectivity index is 0.00000225. The Morgan fingerprint density at radius 1 is 1.40 bits per heavy atom. The second-order valence-electron chi connectivity index (χ2n) is 7.15. The van der Waals surface area contributed by atoms with Crippen LogP contribution in [0.1, 0.15) is 36.3 Å². The first-order valence-corrected chi connectivity index (χ1v) is 8.89. The molecule has 2 aliphatic rings. The third-order valence-electron chi connectivity index (χ3n) is 5.38. The molecule has 0 amide bonds. The van der Waals surface area contributed by atoms with E-state index < -0.39 is 0 Å². The van der Waals surface area contributed by atoms with Crippen LogP contribution in [0.2, 0.25) is 0 Å². The lowest BCUT2D eigenvalue weighted by atomic mass is 9.84. The van der Waals surface area contributed by atoms with Crippen LogP contribution in [0.3, 0.4) is 0 Å². The molecule has 0 aromatic heterocycles. The largest absolute Gasteiger partial charge is 0.396 e. The van der Waals surface area contributed by atoms with Crippen LogP contribution in [0.5, 0.6) is 0 Å². The Morgan fingerprint density at radius 2 is 2.20 bits per heavy atom. The molecule has 6 heteroatoms. The van der Waals surface area contributed by atoms with E-state index in [1.807, 2.05) is 7.05 Å². The minimum Gasteiger partial charge on any atom is -0.396 e. The molecule has 2 fully saturated rings. The summed E-state index contributed by atoms with van der Waals surface area (Å²) >= 11 is 0. The monoisotopic (exact) mass is 459 g/mol. The van der Waals surface area contributed by atoms with Crippen LogP contribution in [0.15, 0.2) is 29.3 Å². The van der Waals surface area contributed by atoms with Gasteiger partial charge in [0.25, 0.3) is 0 Å². The predicted octanol–water partition coefficient (Wildman–Crippen LogP) is 2.42. The van der Waals surface area contributed by atoms with Gasteiger partial charge in [0.1, 0.15) is 0 Å². The van der Waals surface area contributed by atoms with Gasteiger partial charge in [0.15, 0.2) is 5.96 Å². The number of aliphatic imine (C=N–C) groups is 1. The van der Waals surface area contributed by atoms with Crippen molar-refractivity contribution < 1.29 is 9.84 Å². The number of aliphatic hydroxyl groups excluding tert-OH is 1. The minimum absolute atomic E-state index is 0. The lowest BCUT2D eigenvalue weighted by Gasteiger charge is -2.27. The van der Waals surface area contributed by atoms with Crippen LogP contribution in [-0.2, 0) is 4.74 Å². The van der Waals surface area contributed by atoms with Gasteiger partial charge in [0, 0.05) is 44.2 Å². The van der Waals surface area contributed by atoms with Crippen LogP contribution >= 0.6 is 24.0 Å². The second-order valence-corrected chi connectivity index (χ2v) is 7.15. The lowest BCUT2D eigenvalue weighted by molar-refractivity contribution is 0.127. The summed E-state index contributed by atoms with van der Waals surface area (Å²) in [7, 11) is 1.81. The summed E-state index contributed by atoms with van der Waals surface area (Å²) in [6, 6.07) is 9.06. The maximum Gasteiger partial charge on any atom is 0.191 e. The van der Waals surface area contributed by atoms with Gasteiger partial charge in [0.05, 0.1) is 6.61 Å². The minimum atomic E-state index is 0. The topological polar surface area (TPSA) is 65.9 Å². The third-order valence-corrected chi connectivity index (χ3v) is 5.38. The SMILES string of the molecule is CN=C(NCC1(CCO)CCOC1)NC1CC1c1ccccc1C.I. The Labute approximate surface area is 167 Å². The average molecular weight is 459 g/mol. The molecule has 1 aliphatic carbocycles. The van der Waals surface area contributed by atoms with Crippen LogP contribution in [0.4, 0.5) is 0 Å². The highest BCUT2D eigenvalue weighted by Gasteiger charge is 2.40. The first-order valence-electron chi connectivity index (χ1n) is 8.89. The zero-order valence-corrected chi connectivity index (χ0v) is 17.5. The van der Waals surface area contributed by atoms with Gasteiger partial charge < -0.3 is 20.5 Å². The average Bonchev–Trinajstić information content (AvgIpc) is 3.19. The number of rotatable bonds is 6. The van der Waals surface area contributed by atoms with Crippen LogP contribution in [-0.4, -0.2) is 50.5 Å². The van der Waals surface area contributed by atoms with E-state index in [1.165, 1.54) is 11.1 Å². The van der Waals surface area contributed by atoms with E-state index in [2.05, 4.69) is 46.8 Å². The molecular formula is C19H30IN3O2. The summed E-state index contributed by atoms with van der Waals surface area (Å²) in [6.45, 7) is 4.67. The molecule has 0 spiro atoms. The molecule has 3 unspecified atom stereocenters. The van der Waals surface area contributed by atoms with Crippen LogP contribution < -0.4 is 10.6 Å². The Kier molecular flexibility index (Phi) is 7.51. The summed E-state index contributed by atoms with van der Waals surface area (Å²) in [5.41, 5.74) is 2.83. The smallest absolute Gasteiger partial charge is 0.191 e. The molecule has 5 nitrogen and oxygen atoms in total. The summed E-state index contributed by atoms with van der Waals surface area (Å²) < 4.78 is 5.55. The van der Waals surface area contributed by atoms with Gasteiger partial charge in [-0.1, -0.05) is 24.3 Å². The maximum absolute atomic E-state index is 9.33. The number of halogens is 1. The number of nitrogens with zero attached hydrogens (tertiary/aromatic N) is 1. The summed E-state index contributed by atoms with van der Waals surface area (Å²) in [5, 5.41) is 16.3. The van der Waals surface area contributed by atoms with Gasteiger partial charge in [-0.15, -0.1) is 24.0 Å². The Morgan fingerprint density at radius 3 is 2.84 bits per heavy atom. The number of nitrogens with one attached hydrogen (secondary N) is 2. The van der Waals surface area contributed by atoms with E-state index in [-0.39, 0.29) is 36.0 Å². The number of benzene rings is 1. The van der Waals surface area contributed by atoms with Crippen molar-refractivity contribution in [1.82, 2.24) is 10.6 Å². The number of hydrogen-bond donors (Lipinski definition) is 3. The molecule has 3 rings (SSSR count). The summed E-state index contributed by atoms with van der Waals surface area (Å²) in [6.07, 6.45) is 2.91. The molecule has 1 aliphatic heterocycles. The number of aryl methyl sites for hydroxylation is 1. The van der Waals surface area contributed by atoms with Crippen molar-refractivity contribution in [3.8, 4) is 0 Å². The Bertz CT molecular complexity index is 588. The molecule has 3 N–H and O–H groups in total. The highest BCUT2D eigenvalue weighted by atomic mass is 127. The molecule has 1 heterocycles. The van der Waals surface area contributed by atoms with Gasteiger partial charge in [0.2, 0.25) is 0 Å². The molecule has 1 saturated heterocycles. The number of ether oxygens (including phenoxy) is 1. The van der Waals surface area contributed by atoms with E-state index in [4.69, 9.17) is 4.74 Å². The maximum atomic E-state index is 9.33. The normalized spacial score (nSPS) is 28.4. The van der Waals surface area contributed by atoms with Crippen LogP contribution in [0, 0.1) is 12.3 Å². The number of hydrogen-bond acceptors (Lipinski definition) is 3. The quantitative estimate of drug-likeness (QED) is 0.348. The van der Waals surface area contributed by atoms with Crippen molar-refractivity contribution in [2.24, 2.45) is 10.4 Å². The number of aliphatic hydroxyl groups is 1. The van der Waals surface area contributed by atoms with Crippen molar-refractivity contribution in [2.75, 3.05) is 33.4 Å². The lowest BCUT2D eigenvalue weighted by Crippen LogP contribution is -2.45. The van der Waals surface area contributed by atoms with Crippen molar-refractivity contribution in [3.63, 3.8) is 0 Å². The van der Waals surface area contributed by atoms with Gasteiger partial charge in [-0.25, -0.2) is 0 Å². The van der Waals surface area contributed by atoms with Gasteiger partial charge in [-0.2, -0.15) is 0 Å². The zero-order chi connectivity index (χ0) is 17.0. The molecule has 0 radical (unpaired) electrons. The van der Waals surface area contributed by atoms with E-state index in [0.29, 0.717) is 18.6 Å². The molecule has 140 valence electrons. The highest BCUT2D eigenvalue weighted by molar-refractivity contribution is 14.0. The standard InChI is InChI=1S/C19H29N3O2.HI/c1-14-5-3-4-6-15(14)16-11-17(16)22-18(20-2)21-12-19(7-9-23)8-10-24-13-19;/h3-6,16-17,23H,7-13H2,1-2H3,(H2,20,21,22);1H. The zero-order valence-electron chi connectivity index (χ0n) is 15.1. The third kappa shape index (κ3) is 5.08. The fraction of sp³-hybridized carbons (Fsp3) is 0.632. The molecular weight excluding hydrogens is 429 g/mol. The first kappa shape index (κ1) is 20.5. The van der Waals surface area contributed by atoms with Gasteiger partial charge in [-0.3, -0.25) is 4.99 Å². The highest BCUT2D eigenvalue weighted by Crippen LogP contribution is 2.42. The molecule has 25 heavy (non-hydrogen) atoms. The molecule has 1 saturated carbocycles. The van der Waals surface area contributed by atoms with Gasteiger partial charge in [-0.05, 0) is 37.3 Å². The fourth-order valence-electron chi connectivity index (χ4n) is 3.65. The molecule has 0 bridgehead atoms. The molecule has 1 aromatic rings. The van der Waals surface area contributed by atoms with Crippen LogP contribution in [0.25, 0.3) is 0 Å². The van der Waals surface area contributed by atoms with E-state index in [0.717, 1.165) is 38.4 Å². The second kappa shape index (κ2) is 9.19. The van der Waals surface area contributed by atoms with Crippen molar-refractivity contribution >= 4 is 29.9 Å². The molecule has 1 aromatic carbocycles. The van der Waals surface area contributed by atoms with E-state index >= 15 is 0 Å². The molecule has 3 atom stereocenters. The van der Waals surface area contributed by atoms with E-state index in [1.54, 1.807) is 0 Å². The first-order chi connectivity index (χ1) is 11.7. The predicted molar refractivity (Wildman–Crippen MR) is 112 cm³/mol. The van der Waals surface area contributed by atoms with E-state index in [9.17, 15) is 5.11 Å². The van der Waals surface area contributed by atoms with Crippen molar-refractivity contribution in [3.05, 3.63) is 35.4 Å². The summed E-state index contributed by atoms with van der Waals surface area (Å²) in [5.74, 6) is 1.42.